The van der Waals surface area contributed by atoms with Crippen molar-refractivity contribution >= 4 is 11.9 Å². The van der Waals surface area contributed by atoms with E-state index in [2.05, 4.69) is 27.0 Å². The number of carbonyl (C=O) groups is 1. The minimum atomic E-state index is -0.146. The van der Waals surface area contributed by atoms with Gasteiger partial charge in [-0.25, -0.2) is 0 Å². The third kappa shape index (κ3) is 6.81. The van der Waals surface area contributed by atoms with Gasteiger partial charge >= 0.3 is 0 Å². The molecule has 3 N–H and O–H groups in total. The number of hydrogen-bond acceptors (Lipinski definition) is 5. The molecule has 1 aromatic heterocycles. The van der Waals surface area contributed by atoms with Crippen LogP contribution < -0.4 is 20.7 Å². The van der Waals surface area contributed by atoms with Crippen LogP contribution in [0.5, 0.6) is 5.75 Å². The Morgan fingerprint density at radius 1 is 1.23 bits per heavy atom. The van der Waals surface area contributed by atoms with Crippen molar-refractivity contribution in [3.05, 3.63) is 53.5 Å². The van der Waals surface area contributed by atoms with Gasteiger partial charge in [0.1, 0.15) is 11.5 Å². The summed E-state index contributed by atoms with van der Waals surface area (Å²) in [4.78, 5) is 16.2. The number of amides is 1. The maximum Gasteiger partial charge on any atom is 0.239 e. The molecule has 1 aliphatic heterocycles. The molecule has 0 bridgehead atoms. The lowest BCUT2D eigenvalue weighted by Crippen LogP contribution is -2.42. The van der Waals surface area contributed by atoms with Gasteiger partial charge in [0.15, 0.2) is 5.96 Å². The fourth-order valence-electron chi connectivity index (χ4n) is 3.09. The van der Waals surface area contributed by atoms with Crippen molar-refractivity contribution in [1.82, 2.24) is 16.0 Å². The number of guanidine groups is 1. The molecule has 0 saturated carbocycles. The Morgan fingerprint density at radius 3 is 2.87 bits per heavy atom. The van der Waals surface area contributed by atoms with Crippen LogP contribution in [0.3, 0.4) is 0 Å². The SMILES string of the molecule is CN=C(NCC(=O)NCc1ccco1)NCc1ccc(C)cc1OCC1CCOC1. The number of ether oxygens (including phenoxy) is 2. The molecule has 2 aromatic rings. The second-order valence-corrected chi connectivity index (χ2v) is 7.29. The monoisotopic (exact) mass is 414 g/mol. The number of rotatable bonds is 9. The molecule has 0 spiro atoms. The molecule has 2 heterocycles. The zero-order chi connectivity index (χ0) is 21.2. The van der Waals surface area contributed by atoms with Gasteiger partial charge in [-0.05, 0) is 37.1 Å². The number of nitrogens with zero attached hydrogens (tertiary/aromatic N) is 1. The van der Waals surface area contributed by atoms with Crippen LogP contribution in [0.4, 0.5) is 0 Å². The van der Waals surface area contributed by atoms with Crippen LogP contribution in [0.1, 0.15) is 23.3 Å². The second-order valence-electron chi connectivity index (χ2n) is 7.29. The van der Waals surface area contributed by atoms with E-state index >= 15 is 0 Å². The smallest absolute Gasteiger partial charge is 0.239 e. The van der Waals surface area contributed by atoms with Gasteiger partial charge in [0, 0.05) is 31.7 Å². The van der Waals surface area contributed by atoms with E-state index in [9.17, 15) is 4.79 Å². The van der Waals surface area contributed by atoms with Gasteiger partial charge in [0.25, 0.3) is 0 Å². The first-order valence-electron chi connectivity index (χ1n) is 10.2. The zero-order valence-corrected chi connectivity index (χ0v) is 17.6. The fraction of sp³-hybridized carbons (Fsp3) is 0.455. The van der Waals surface area contributed by atoms with E-state index in [4.69, 9.17) is 13.9 Å². The van der Waals surface area contributed by atoms with Gasteiger partial charge in [0.05, 0.1) is 32.6 Å². The highest BCUT2D eigenvalue weighted by Gasteiger charge is 2.17. The van der Waals surface area contributed by atoms with Crippen LogP contribution in [-0.4, -0.2) is 45.3 Å². The zero-order valence-electron chi connectivity index (χ0n) is 17.6. The highest BCUT2D eigenvalue weighted by molar-refractivity contribution is 5.86. The van der Waals surface area contributed by atoms with Crippen molar-refractivity contribution in [2.24, 2.45) is 10.9 Å². The molecule has 1 unspecified atom stereocenters. The first-order valence-corrected chi connectivity index (χ1v) is 10.2. The number of nitrogens with one attached hydrogen (secondary N) is 3. The molecule has 1 aromatic carbocycles. The van der Waals surface area contributed by atoms with Gasteiger partial charge < -0.3 is 29.8 Å². The highest BCUT2D eigenvalue weighted by Crippen LogP contribution is 2.22. The summed E-state index contributed by atoms with van der Waals surface area (Å²) in [6.07, 6.45) is 2.62. The summed E-state index contributed by atoms with van der Waals surface area (Å²) in [7, 11) is 1.67. The predicted molar refractivity (Wildman–Crippen MR) is 114 cm³/mol. The summed E-state index contributed by atoms with van der Waals surface area (Å²) in [5.74, 6) is 2.41. The molecular formula is C22H30N4O4. The molecule has 30 heavy (non-hydrogen) atoms. The van der Waals surface area contributed by atoms with E-state index in [1.54, 1.807) is 19.4 Å². The third-order valence-corrected chi connectivity index (χ3v) is 4.85. The van der Waals surface area contributed by atoms with E-state index in [0.717, 1.165) is 36.5 Å². The summed E-state index contributed by atoms with van der Waals surface area (Å²) in [6, 6.07) is 9.75. The number of carbonyl (C=O) groups excluding carboxylic acids is 1. The Labute approximate surface area is 177 Å². The topological polar surface area (TPSA) is 97.1 Å². The first kappa shape index (κ1) is 21.7. The summed E-state index contributed by atoms with van der Waals surface area (Å²) in [5, 5.41) is 9.04. The normalized spacial score (nSPS) is 16.3. The Kier molecular flexibility index (Phi) is 8.14. The van der Waals surface area contributed by atoms with E-state index in [1.807, 2.05) is 25.1 Å². The van der Waals surface area contributed by atoms with E-state index < -0.39 is 0 Å². The highest BCUT2D eigenvalue weighted by atomic mass is 16.5. The van der Waals surface area contributed by atoms with Gasteiger partial charge in [0.2, 0.25) is 5.91 Å². The maximum absolute atomic E-state index is 12.0. The molecule has 0 radical (unpaired) electrons. The molecule has 1 amide bonds. The molecule has 1 saturated heterocycles. The van der Waals surface area contributed by atoms with Gasteiger partial charge in [-0.2, -0.15) is 0 Å². The lowest BCUT2D eigenvalue weighted by atomic mass is 10.1. The number of furan rings is 1. The Hall–Kier alpha value is -3.00. The molecule has 3 rings (SSSR count). The molecule has 8 heteroatoms. The molecule has 1 atom stereocenters. The van der Waals surface area contributed by atoms with E-state index in [0.29, 0.717) is 37.3 Å². The van der Waals surface area contributed by atoms with Crippen molar-refractivity contribution in [2.45, 2.75) is 26.4 Å². The summed E-state index contributed by atoms with van der Waals surface area (Å²) >= 11 is 0. The molecule has 0 aliphatic carbocycles. The van der Waals surface area contributed by atoms with Crippen LogP contribution in [0.2, 0.25) is 0 Å². The largest absolute Gasteiger partial charge is 0.493 e. The minimum Gasteiger partial charge on any atom is -0.493 e. The predicted octanol–water partition coefficient (Wildman–Crippen LogP) is 1.98. The molecule has 162 valence electrons. The van der Waals surface area contributed by atoms with Crippen LogP contribution >= 0.6 is 0 Å². The minimum absolute atomic E-state index is 0.110. The average Bonchev–Trinajstić information content (AvgIpc) is 3.46. The van der Waals surface area contributed by atoms with Gasteiger partial charge in [-0.3, -0.25) is 9.79 Å². The van der Waals surface area contributed by atoms with Crippen LogP contribution in [0, 0.1) is 12.8 Å². The van der Waals surface area contributed by atoms with Gasteiger partial charge in [-0.1, -0.05) is 12.1 Å². The number of benzene rings is 1. The maximum atomic E-state index is 12.0. The second kappa shape index (κ2) is 11.3. The number of hydrogen-bond donors (Lipinski definition) is 3. The van der Waals surface area contributed by atoms with Crippen LogP contribution in [0.25, 0.3) is 0 Å². The van der Waals surface area contributed by atoms with Crippen molar-refractivity contribution in [3.63, 3.8) is 0 Å². The quantitative estimate of drug-likeness (QED) is 0.429. The molecule has 8 nitrogen and oxygen atoms in total. The molecule has 1 fully saturated rings. The first-order chi connectivity index (χ1) is 14.6. The van der Waals surface area contributed by atoms with Crippen molar-refractivity contribution in [2.75, 3.05) is 33.4 Å². The fourth-order valence-corrected chi connectivity index (χ4v) is 3.09. The van der Waals surface area contributed by atoms with Crippen LogP contribution in [-0.2, 0) is 22.6 Å². The lowest BCUT2D eigenvalue weighted by molar-refractivity contribution is -0.120. The Bertz CT molecular complexity index is 830. The van der Waals surface area contributed by atoms with E-state index in [-0.39, 0.29) is 12.5 Å². The number of aliphatic imine (C=N–C) groups is 1. The Balaban J connectivity index is 1.46. The standard InChI is InChI=1S/C22H30N4O4/c1-16-5-6-18(20(10-16)30-15-17-7-9-28-14-17)11-25-22(23-2)26-13-21(27)24-12-19-4-3-8-29-19/h3-6,8,10,17H,7,9,11-15H2,1-2H3,(H,24,27)(H2,23,25,26). The summed E-state index contributed by atoms with van der Waals surface area (Å²) in [6.45, 7) is 5.27. The van der Waals surface area contributed by atoms with Crippen LogP contribution in [0.15, 0.2) is 46.0 Å². The van der Waals surface area contributed by atoms with Gasteiger partial charge in [-0.15, -0.1) is 0 Å². The summed E-state index contributed by atoms with van der Waals surface area (Å²) in [5.41, 5.74) is 2.18. The van der Waals surface area contributed by atoms with E-state index in [1.165, 1.54) is 0 Å². The third-order valence-electron chi connectivity index (χ3n) is 4.85. The molecular weight excluding hydrogens is 384 g/mol. The molecule has 1 aliphatic rings. The van der Waals surface area contributed by atoms with Crippen molar-refractivity contribution in [3.8, 4) is 5.75 Å². The number of aryl methyl sites for hydroxylation is 1. The lowest BCUT2D eigenvalue weighted by Gasteiger charge is -2.17. The van der Waals surface area contributed by atoms with Crippen molar-refractivity contribution in [1.29, 1.82) is 0 Å². The summed E-state index contributed by atoms with van der Waals surface area (Å²) < 4.78 is 16.7. The Morgan fingerprint density at radius 2 is 2.13 bits per heavy atom. The van der Waals surface area contributed by atoms with Crippen molar-refractivity contribution < 1.29 is 18.7 Å². The average molecular weight is 415 g/mol.